The Kier molecular flexibility index (Phi) is 8.33. The molecule has 0 bridgehead atoms. The summed E-state index contributed by atoms with van der Waals surface area (Å²) in [6.45, 7) is 18.3. The minimum absolute atomic E-state index is 0.0341. The Morgan fingerprint density at radius 3 is 2.16 bits per heavy atom. The van der Waals surface area contributed by atoms with Crippen LogP contribution < -0.4 is 0 Å². The molecule has 9 atom stereocenters. The number of carbonyl (C=O) groups excluding carboxylic acids is 2. The average Bonchev–Trinajstić information content (AvgIpc) is 3.61. The largest absolute Gasteiger partial charge is 0.481 e. The maximum atomic E-state index is 13.5. The third kappa shape index (κ3) is 5.29. The number of carbonyl (C=O) groups is 3. The fraction of sp³-hybridized carbons (Fsp3) is 0.923. The number of aliphatic carboxylic acids is 1. The van der Waals surface area contributed by atoms with Gasteiger partial charge in [0.2, 0.25) is 5.91 Å². The van der Waals surface area contributed by atoms with E-state index in [1.807, 2.05) is 13.8 Å². The summed E-state index contributed by atoms with van der Waals surface area (Å²) >= 11 is 0. The number of carboxylic acids is 1. The Morgan fingerprint density at radius 2 is 1.47 bits per heavy atom. The number of carboxylic acid groups (broad SMARTS) is 1. The van der Waals surface area contributed by atoms with Crippen molar-refractivity contribution in [3.8, 4) is 0 Å². The predicted molar refractivity (Wildman–Crippen MR) is 176 cm³/mol. The van der Waals surface area contributed by atoms with E-state index in [1.165, 1.54) is 70.6 Å². The minimum atomic E-state index is -0.873. The zero-order valence-electron chi connectivity index (χ0n) is 29.6. The minimum Gasteiger partial charge on any atom is -0.481 e. The molecule has 1 N–H and O–H groups in total. The second kappa shape index (κ2) is 11.2. The van der Waals surface area contributed by atoms with Gasteiger partial charge < -0.3 is 14.7 Å². The van der Waals surface area contributed by atoms with E-state index < -0.39 is 11.4 Å². The number of esters is 1. The summed E-state index contributed by atoms with van der Waals surface area (Å²) in [5, 5.41) is 9.30. The monoisotopic (exact) mass is 625 g/mol. The molecule has 0 radical (unpaired) electrons. The third-order valence-electron chi connectivity index (χ3n) is 16.0. The number of amides is 1. The van der Waals surface area contributed by atoms with E-state index in [0.29, 0.717) is 29.1 Å². The summed E-state index contributed by atoms with van der Waals surface area (Å²) < 4.78 is 6.25. The SMILES string of the molecule is CC(C)(CC(=O)O)CC(=O)O[C@H]1CC[C@@]2(C)C(CC[C@]3(C)C2CC[C@@H]2[C@H]4CCC[C@]4(CC(=O)N4CCCC4)CC[C@]23C)C1(C)C. The maximum absolute atomic E-state index is 13.5. The molecule has 0 aromatic heterocycles. The molecule has 6 aliphatic rings. The molecule has 0 spiro atoms. The van der Waals surface area contributed by atoms with Gasteiger partial charge in [0.15, 0.2) is 0 Å². The molecule has 6 fully saturated rings. The van der Waals surface area contributed by atoms with Crippen LogP contribution in [0.3, 0.4) is 0 Å². The van der Waals surface area contributed by atoms with Gasteiger partial charge in [-0.25, -0.2) is 0 Å². The third-order valence-corrected chi connectivity index (χ3v) is 16.0. The van der Waals surface area contributed by atoms with E-state index in [1.54, 1.807) is 0 Å². The fourth-order valence-corrected chi connectivity index (χ4v) is 13.6. The van der Waals surface area contributed by atoms with Crippen molar-refractivity contribution < 1.29 is 24.2 Å². The van der Waals surface area contributed by atoms with Crippen LogP contribution in [0.5, 0.6) is 0 Å². The second-order valence-corrected chi connectivity index (χ2v) is 19.0. The summed E-state index contributed by atoms with van der Waals surface area (Å²) in [6.07, 6.45) is 16.5. The van der Waals surface area contributed by atoms with Crippen molar-refractivity contribution in [2.45, 2.75) is 157 Å². The Bertz CT molecular complexity index is 1190. The van der Waals surface area contributed by atoms with Crippen molar-refractivity contribution in [2.75, 3.05) is 13.1 Å². The molecule has 0 aromatic carbocycles. The Hall–Kier alpha value is -1.59. The average molecular weight is 626 g/mol. The van der Waals surface area contributed by atoms with Crippen molar-refractivity contribution in [3.05, 3.63) is 0 Å². The molecule has 0 aromatic rings. The molecule has 6 heteroatoms. The van der Waals surface area contributed by atoms with Crippen LogP contribution in [0.2, 0.25) is 0 Å². The van der Waals surface area contributed by atoms with Crippen molar-refractivity contribution >= 4 is 17.8 Å². The molecule has 6 rings (SSSR count). The predicted octanol–water partition coefficient (Wildman–Crippen LogP) is 8.66. The van der Waals surface area contributed by atoms with Gasteiger partial charge in [-0.2, -0.15) is 0 Å². The molecular formula is C39H63NO5. The molecule has 5 aliphatic carbocycles. The highest BCUT2D eigenvalue weighted by Crippen LogP contribution is 2.77. The van der Waals surface area contributed by atoms with Gasteiger partial charge in [-0.05, 0) is 128 Å². The molecular weight excluding hydrogens is 562 g/mol. The maximum Gasteiger partial charge on any atom is 0.306 e. The van der Waals surface area contributed by atoms with E-state index in [-0.39, 0.29) is 46.6 Å². The molecule has 1 amide bonds. The molecule has 1 aliphatic heterocycles. The number of hydrogen-bond acceptors (Lipinski definition) is 4. The summed E-state index contributed by atoms with van der Waals surface area (Å²) in [6, 6.07) is 0. The van der Waals surface area contributed by atoms with Crippen LogP contribution in [0.15, 0.2) is 0 Å². The van der Waals surface area contributed by atoms with Crippen LogP contribution in [-0.4, -0.2) is 47.0 Å². The lowest BCUT2D eigenvalue weighted by atomic mass is 9.32. The Labute approximate surface area is 273 Å². The first-order valence-electron chi connectivity index (χ1n) is 18.7. The molecule has 45 heavy (non-hydrogen) atoms. The number of hydrogen-bond donors (Lipinski definition) is 1. The quantitative estimate of drug-likeness (QED) is 0.286. The van der Waals surface area contributed by atoms with E-state index >= 15 is 0 Å². The van der Waals surface area contributed by atoms with Crippen molar-refractivity contribution in [1.82, 2.24) is 4.90 Å². The summed E-state index contributed by atoms with van der Waals surface area (Å²) in [4.78, 5) is 40.2. The molecule has 254 valence electrons. The number of rotatable bonds is 7. The molecule has 2 unspecified atom stereocenters. The smallest absolute Gasteiger partial charge is 0.306 e. The molecule has 1 heterocycles. The summed E-state index contributed by atoms with van der Waals surface area (Å²) in [5.41, 5.74) is 0.303. The van der Waals surface area contributed by atoms with Gasteiger partial charge in [0.05, 0.1) is 12.8 Å². The number of likely N-dealkylation sites (tertiary alicyclic amines) is 1. The van der Waals surface area contributed by atoms with Crippen molar-refractivity contribution in [2.24, 2.45) is 56.2 Å². The van der Waals surface area contributed by atoms with Crippen LogP contribution in [0, 0.1) is 56.2 Å². The number of fused-ring (bicyclic) bond motifs is 7. The molecule has 5 saturated carbocycles. The highest BCUT2D eigenvalue weighted by atomic mass is 16.5. The van der Waals surface area contributed by atoms with Crippen molar-refractivity contribution in [3.63, 3.8) is 0 Å². The van der Waals surface area contributed by atoms with E-state index in [4.69, 9.17) is 4.74 Å². The van der Waals surface area contributed by atoms with Gasteiger partial charge in [0.25, 0.3) is 0 Å². The first-order valence-corrected chi connectivity index (χ1v) is 18.7. The molecule has 6 nitrogen and oxygen atoms in total. The van der Waals surface area contributed by atoms with Gasteiger partial charge in [-0.15, -0.1) is 0 Å². The lowest BCUT2D eigenvalue weighted by molar-refractivity contribution is -0.248. The highest BCUT2D eigenvalue weighted by molar-refractivity contribution is 5.77. The van der Waals surface area contributed by atoms with E-state index in [9.17, 15) is 19.5 Å². The van der Waals surface area contributed by atoms with E-state index in [2.05, 4.69) is 39.5 Å². The van der Waals surface area contributed by atoms with Crippen LogP contribution in [0.1, 0.15) is 151 Å². The number of nitrogens with zero attached hydrogens (tertiary/aromatic N) is 1. The van der Waals surface area contributed by atoms with Gasteiger partial charge in [0.1, 0.15) is 6.10 Å². The van der Waals surface area contributed by atoms with Crippen molar-refractivity contribution in [1.29, 1.82) is 0 Å². The topological polar surface area (TPSA) is 83.9 Å². The Morgan fingerprint density at radius 1 is 0.756 bits per heavy atom. The first kappa shape index (κ1) is 33.3. The summed E-state index contributed by atoms with van der Waals surface area (Å²) in [5.74, 6) is 1.90. The zero-order valence-corrected chi connectivity index (χ0v) is 29.6. The van der Waals surface area contributed by atoms with Gasteiger partial charge >= 0.3 is 11.9 Å². The zero-order chi connectivity index (χ0) is 32.6. The normalized spacial score (nSPS) is 43.9. The van der Waals surface area contributed by atoms with Crippen LogP contribution in [-0.2, 0) is 19.1 Å². The second-order valence-electron chi connectivity index (χ2n) is 19.0. The highest BCUT2D eigenvalue weighted by Gasteiger charge is 2.70. The van der Waals surface area contributed by atoms with Gasteiger partial charge in [-0.1, -0.05) is 54.9 Å². The lowest BCUT2D eigenvalue weighted by Crippen LogP contribution is -2.66. The number of ether oxygens (including phenoxy) is 1. The standard InChI is InChI=1S/C39H63NO5/c1-34(2,24-32(42)43)25-33(44)45-30-15-17-36(5)28(35(30,3)4)14-18-38(7)29(36)13-12-26-27-11-10-16-39(27,20-19-37(26,38)6)23-31(41)40-21-8-9-22-40/h26-30H,8-25H2,1-7H3,(H,42,43)/t26-,27-,28?,29?,30+,36+,37-,38-,39-/m1/s1. The van der Waals surface area contributed by atoms with Crippen LogP contribution in [0.4, 0.5) is 0 Å². The lowest BCUT2D eigenvalue weighted by Gasteiger charge is -2.72. The van der Waals surface area contributed by atoms with E-state index in [0.717, 1.165) is 38.3 Å². The molecule has 1 saturated heterocycles. The first-order chi connectivity index (χ1) is 21.0. The van der Waals surface area contributed by atoms with Crippen LogP contribution >= 0.6 is 0 Å². The fourth-order valence-electron chi connectivity index (χ4n) is 13.6. The van der Waals surface area contributed by atoms with Crippen LogP contribution in [0.25, 0.3) is 0 Å². The van der Waals surface area contributed by atoms with Gasteiger partial charge in [0, 0.05) is 24.9 Å². The summed E-state index contributed by atoms with van der Waals surface area (Å²) in [7, 11) is 0. The Balaban J connectivity index is 1.19. The van der Waals surface area contributed by atoms with Gasteiger partial charge in [-0.3, -0.25) is 14.4 Å².